The van der Waals surface area contributed by atoms with Crippen molar-refractivity contribution in [3.63, 3.8) is 0 Å². The van der Waals surface area contributed by atoms with Crippen LogP contribution in [0.2, 0.25) is 0 Å². The van der Waals surface area contributed by atoms with Gasteiger partial charge < -0.3 is 4.79 Å². The third-order valence-electron chi connectivity index (χ3n) is 1.97. The first kappa shape index (κ1) is 9.67. The highest BCUT2D eigenvalue weighted by Crippen LogP contribution is 2.26. The van der Waals surface area contributed by atoms with Gasteiger partial charge in [-0.15, -0.1) is 0 Å². The fourth-order valence-electron chi connectivity index (χ4n) is 1.21. The minimum atomic E-state index is -0.0752. The Morgan fingerprint density at radius 2 is 2.00 bits per heavy atom. The molecule has 0 saturated carbocycles. The Morgan fingerprint density at radius 3 is 2.10 bits per heavy atom. The summed E-state index contributed by atoms with van der Waals surface area (Å²) in [5, 5.41) is 0. The highest BCUT2D eigenvalue weighted by atomic mass is 16.1. The van der Waals surface area contributed by atoms with Crippen LogP contribution < -0.4 is 0 Å². The summed E-state index contributed by atoms with van der Waals surface area (Å²) in [4.78, 5) is 10.6. The summed E-state index contributed by atoms with van der Waals surface area (Å²) in [6.07, 6.45) is 3.05. The van der Waals surface area contributed by atoms with E-state index in [1.807, 2.05) is 6.92 Å². The summed E-state index contributed by atoms with van der Waals surface area (Å²) in [6, 6.07) is 0. The van der Waals surface area contributed by atoms with Gasteiger partial charge >= 0.3 is 0 Å². The number of hydrogen-bond donors (Lipinski definition) is 0. The lowest BCUT2D eigenvalue weighted by atomic mass is 9.81. The van der Waals surface area contributed by atoms with Gasteiger partial charge in [-0.2, -0.15) is 0 Å². The van der Waals surface area contributed by atoms with Crippen molar-refractivity contribution in [3.05, 3.63) is 0 Å². The number of hydrogen-bond acceptors (Lipinski definition) is 1. The molecule has 1 atom stereocenters. The molecular weight excluding hydrogens is 124 g/mol. The Bertz CT molecular complexity index is 107. The van der Waals surface area contributed by atoms with E-state index in [1.165, 1.54) is 0 Å². The van der Waals surface area contributed by atoms with E-state index in [1.54, 1.807) is 0 Å². The lowest BCUT2D eigenvalue weighted by Gasteiger charge is -2.22. The van der Waals surface area contributed by atoms with Gasteiger partial charge in [0.25, 0.3) is 0 Å². The molecule has 1 nitrogen and oxygen atoms in total. The molecule has 0 N–H and O–H groups in total. The number of carbonyl (C=O) groups is 1. The first-order valence-corrected chi connectivity index (χ1v) is 4.00. The summed E-state index contributed by atoms with van der Waals surface area (Å²) in [7, 11) is 0. The predicted molar refractivity (Wildman–Crippen MR) is 43.9 cm³/mol. The van der Waals surface area contributed by atoms with E-state index < -0.39 is 0 Å². The van der Waals surface area contributed by atoms with Gasteiger partial charge in [0, 0.05) is 5.41 Å². The zero-order valence-corrected chi connectivity index (χ0v) is 7.48. The first-order chi connectivity index (χ1) is 4.54. The van der Waals surface area contributed by atoms with Crippen molar-refractivity contribution in [3.8, 4) is 0 Å². The Balaban J connectivity index is 3.92. The van der Waals surface area contributed by atoms with Crippen LogP contribution in [0.5, 0.6) is 0 Å². The van der Waals surface area contributed by atoms with Crippen LogP contribution in [0.25, 0.3) is 0 Å². The van der Waals surface area contributed by atoms with Crippen LogP contribution in [-0.2, 0) is 4.79 Å². The second-order valence-corrected chi connectivity index (χ2v) is 3.72. The van der Waals surface area contributed by atoms with Gasteiger partial charge in [-0.1, -0.05) is 27.7 Å². The Morgan fingerprint density at radius 1 is 1.50 bits per heavy atom. The minimum Gasteiger partial charge on any atom is -0.303 e. The Kier molecular flexibility index (Phi) is 3.62. The molecule has 0 aromatic carbocycles. The van der Waals surface area contributed by atoms with Crippen molar-refractivity contribution in [2.75, 3.05) is 0 Å². The van der Waals surface area contributed by atoms with Crippen LogP contribution in [0, 0.1) is 11.3 Å². The molecule has 0 amide bonds. The van der Waals surface area contributed by atoms with Crippen molar-refractivity contribution in [2.24, 2.45) is 11.3 Å². The van der Waals surface area contributed by atoms with E-state index in [2.05, 4.69) is 20.8 Å². The molecule has 0 aliphatic heterocycles. The number of aldehydes is 1. The largest absolute Gasteiger partial charge is 0.303 e. The van der Waals surface area contributed by atoms with Gasteiger partial charge in [-0.05, 0) is 18.8 Å². The van der Waals surface area contributed by atoms with Crippen molar-refractivity contribution in [1.29, 1.82) is 0 Å². The molecule has 0 radical (unpaired) electrons. The van der Waals surface area contributed by atoms with Crippen LogP contribution >= 0.6 is 0 Å². The van der Waals surface area contributed by atoms with Gasteiger partial charge in [0.05, 0.1) is 0 Å². The molecule has 0 aromatic heterocycles. The Labute approximate surface area is 63.8 Å². The van der Waals surface area contributed by atoms with E-state index in [9.17, 15) is 4.79 Å². The lowest BCUT2D eigenvalue weighted by Crippen LogP contribution is -2.19. The van der Waals surface area contributed by atoms with Crippen LogP contribution in [0.3, 0.4) is 0 Å². The van der Waals surface area contributed by atoms with Gasteiger partial charge in [0.15, 0.2) is 0 Å². The van der Waals surface area contributed by atoms with Gasteiger partial charge in [-0.3, -0.25) is 0 Å². The molecule has 1 unspecified atom stereocenters. The van der Waals surface area contributed by atoms with Gasteiger partial charge in [-0.25, -0.2) is 0 Å². The second-order valence-electron chi connectivity index (χ2n) is 3.72. The molecule has 1 heteroatoms. The maximum atomic E-state index is 10.6. The summed E-state index contributed by atoms with van der Waals surface area (Å²) in [5.41, 5.74) is -0.0752. The SMILES string of the molecule is CCC(C)(C=O)CC(C)C. The van der Waals surface area contributed by atoms with E-state index in [4.69, 9.17) is 0 Å². The molecule has 0 spiro atoms. The summed E-state index contributed by atoms with van der Waals surface area (Å²) >= 11 is 0. The average molecular weight is 142 g/mol. The molecule has 0 aliphatic rings. The highest BCUT2D eigenvalue weighted by Gasteiger charge is 2.21. The quantitative estimate of drug-likeness (QED) is 0.551. The molecule has 0 saturated heterocycles. The van der Waals surface area contributed by atoms with Gasteiger partial charge in [0.1, 0.15) is 6.29 Å². The zero-order chi connectivity index (χ0) is 8.20. The Hall–Kier alpha value is -0.330. The molecule has 0 heterocycles. The molecule has 0 aromatic rings. The maximum absolute atomic E-state index is 10.6. The maximum Gasteiger partial charge on any atom is 0.125 e. The molecule has 0 fully saturated rings. The number of carbonyl (C=O) groups excluding carboxylic acids is 1. The predicted octanol–water partition coefficient (Wildman–Crippen LogP) is 2.65. The van der Waals surface area contributed by atoms with Crippen molar-refractivity contribution < 1.29 is 4.79 Å². The highest BCUT2D eigenvalue weighted by molar-refractivity contribution is 5.58. The van der Waals surface area contributed by atoms with Crippen LogP contribution in [0.4, 0.5) is 0 Å². The molecular formula is C9H18O. The molecule has 10 heavy (non-hydrogen) atoms. The van der Waals surface area contributed by atoms with Crippen LogP contribution in [0.1, 0.15) is 40.5 Å². The second kappa shape index (κ2) is 3.75. The van der Waals surface area contributed by atoms with E-state index in [0.29, 0.717) is 5.92 Å². The molecule has 0 bridgehead atoms. The smallest absolute Gasteiger partial charge is 0.125 e. The van der Waals surface area contributed by atoms with Crippen LogP contribution in [0.15, 0.2) is 0 Å². The summed E-state index contributed by atoms with van der Waals surface area (Å²) < 4.78 is 0. The van der Waals surface area contributed by atoms with E-state index >= 15 is 0 Å². The molecule has 0 rings (SSSR count). The number of rotatable bonds is 4. The third-order valence-corrected chi connectivity index (χ3v) is 1.97. The van der Waals surface area contributed by atoms with Crippen molar-refractivity contribution in [1.82, 2.24) is 0 Å². The lowest BCUT2D eigenvalue weighted by molar-refractivity contribution is -0.116. The first-order valence-electron chi connectivity index (χ1n) is 4.00. The average Bonchev–Trinajstić information content (AvgIpc) is 1.87. The normalized spacial score (nSPS) is 16.9. The monoisotopic (exact) mass is 142 g/mol. The molecule has 0 aliphatic carbocycles. The summed E-state index contributed by atoms with van der Waals surface area (Å²) in [6.45, 7) is 8.39. The van der Waals surface area contributed by atoms with Crippen molar-refractivity contribution >= 4 is 6.29 Å². The molecule has 60 valence electrons. The van der Waals surface area contributed by atoms with Crippen LogP contribution in [-0.4, -0.2) is 6.29 Å². The van der Waals surface area contributed by atoms with E-state index in [0.717, 1.165) is 19.1 Å². The third kappa shape index (κ3) is 3.00. The van der Waals surface area contributed by atoms with E-state index in [-0.39, 0.29) is 5.41 Å². The van der Waals surface area contributed by atoms with Crippen molar-refractivity contribution in [2.45, 2.75) is 40.5 Å². The zero-order valence-electron chi connectivity index (χ0n) is 7.48. The summed E-state index contributed by atoms with van der Waals surface area (Å²) in [5.74, 6) is 0.621. The standard InChI is InChI=1S/C9H18O/c1-5-9(4,7-10)6-8(2)3/h7-8H,5-6H2,1-4H3. The topological polar surface area (TPSA) is 17.1 Å². The minimum absolute atomic E-state index is 0.0752. The fraction of sp³-hybridized carbons (Fsp3) is 0.889. The van der Waals surface area contributed by atoms with Gasteiger partial charge in [0.2, 0.25) is 0 Å². The fourth-order valence-corrected chi connectivity index (χ4v) is 1.21.